The second-order valence-electron chi connectivity index (χ2n) is 4.45. The van der Waals surface area contributed by atoms with Gasteiger partial charge in [0.1, 0.15) is 0 Å². The number of rotatable bonds is 7. The van der Waals surface area contributed by atoms with Crippen molar-refractivity contribution >= 4 is 17.2 Å². The predicted molar refractivity (Wildman–Crippen MR) is 75.9 cm³/mol. The minimum Gasteiger partial charge on any atom is -0.371 e. The number of non-ortho nitro benzene ring substituents is 1. The van der Waals surface area contributed by atoms with Gasteiger partial charge in [0.05, 0.1) is 4.92 Å². The average Bonchev–Trinajstić information content (AvgIpc) is 2.39. The maximum Gasteiger partial charge on any atom is 0.270 e. The molecule has 0 saturated carbocycles. The van der Waals surface area contributed by atoms with Crippen molar-refractivity contribution in [2.45, 2.75) is 33.6 Å². The summed E-state index contributed by atoms with van der Waals surface area (Å²) in [5.74, 6) is -0.145. The number of nitrogens with zero attached hydrogens (tertiary/aromatic N) is 2. The van der Waals surface area contributed by atoms with Gasteiger partial charge in [0.2, 0.25) is 0 Å². The fourth-order valence-electron chi connectivity index (χ4n) is 1.99. The van der Waals surface area contributed by atoms with E-state index < -0.39 is 4.92 Å². The molecule has 1 rings (SSSR count). The van der Waals surface area contributed by atoms with Crippen molar-refractivity contribution < 1.29 is 9.72 Å². The van der Waals surface area contributed by atoms with Crippen LogP contribution in [0.25, 0.3) is 0 Å². The van der Waals surface area contributed by atoms with E-state index in [0.717, 1.165) is 31.6 Å². The first kappa shape index (κ1) is 15.1. The predicted octanol–water partition coefficient (Wildman–Crippen LogP) is 3.42. The number of nitro benzene ring substituents is 1. The Balaban J connectivity index is 3.17. The van der Waals surface area contributed by atoms with Crippen LogP contribution in [0.15, 0.2) is 18.2 Å². The standard InChI is InChI=1S/C14H20N2O3/c1-4-6-9-15(5-2)14-8-7-12(16(18)19)10-13(14)11(3)17/h7-8,10H,4-6,9H2,1-3H3. The van der Waals surface area contributed by atoms with E-state index in [9.17, 15) is 14.9 Å². The Morgan fingerprint density at radius 2 is 2.05 bits per heavy atom. The number of carbonyl (C=O) groups is 1. The van der Waals surface area contributed by atoms with Gasteiger partial charge in [-0.2, -0.15) is 0 Å². The van der Waals surface area contributed by atoms with Gasteiger partial charge in [-0.1, -0.05) is 13.3 Å². The van der Waals surface area contributed by atoms with Crippen LogP contribution in [0.3, 0.4) is 0 Å². The third-order valence-electron chi connectivity index (χ3n) is 3.07. The fourth-order valence-corrected chi connectivity index (χ4v) is 1.99. The minimum atomic E-state index is -0.474. The van der Waals surface area contributed by atoms with E-state index in [4.69, 9.17) is 0 Å². The molecule has 0 aliphatic rings. The molecule has 0 aromatic heterocycles. The van der Waals surface area contributed by atoms with Crippen molar-refractivity contribution in [2.24, 2.45) is 0 Å². The van der Waals surface area contributed by atoms with Crippen LogP contribution in [0, 0.1) is 10.1 Å². The van der Waals surface area contributed by atoms with Crippen LogP contribution in [0.5, 0.6) is 0 Å². The molecule has 0 saturated heterocycles. The Labute approximate surface area is 113 Å². The van der Waals surface area contributed by atoms with Crippen molar-refractivity contribution in [1.29, 1.82) is 0 Å². The summed E-state index contributed by atoms with van der Waals surface area (Å²) in [6.45, 7) is 7.19. The molecule has 5 heteroatoms. The molecular formula is C14H20N2O3. The van der Waals surface area contributed by atoms with Gasteiger partial charge < -0.3 is 4.90 Å². The first-order chi connectivity index (χ1) is 9.01. The van der Waals surface area contributed by atoms with E-state index in [0.29, 0.717) is 5.56 Å². The Hall–Kier alpha value is -1.91. The molecule has 0 unspecified atom stereocenters. The number of hydrogen-bond acceptors (Lipinski definition) is 4. The summed E-state index contributed by atoms with van der Waals surface area (Å²) in [5, 5.41) is 10.8. The van der Waals surface area contributed by atoms with Crippen LogP contribution in [0.1, 0.15) is 44.0 Å². The zero-order chi connectivity index (χ0) is 14.4. The van der Waals surface area contributed by atoms with Gasteiger partial charge in [0.15, 0.2) is 5.78 Å². The van der Waals surface area contributed by atoms with E-state index in [-0.39, 0.29) is 11.5 Å². The number of ketones is 1. The average molecular weight is 264 g/mol. The number of Topliss-reactive ketones (excluding diaryl/α,β-unsaturated/α-hetero) is 1. The Kier molecular flexibility index (Phi) is 5.48. The monoisotopic (exact) mass is 264 g/mol. The summed E-state index contributed by atoms with van der Waals surface area (Å²) in [6, 6.07) is 4.50. The van der Waals surface area contributed by atoms with Gasteiger partial charge in [0, 0.05) is 36.5 Å². The number of carbonyl (C=O) groups excluding carboxylic acids is 1. The van der Waals surface area contributed by atoms with E-state index in [1.54, 1.807) is 6.07 Å². The minimum absolute atomic E-state index is 0.0412. The van der Waals surface area contributed by atoms with Crippen LogP contribution in [0.2, 0.25) is 0 Å². The topological polar surface area (TPSA) is 63.4 Å². The van der Waals surface area contributed by atoms with Crippen molar-refractivity contribution in [2.75, 3.05) is 18.0 Å². The number of benzene rings is 1. The SMILES string of the molecule is CCCCN(CC)c1ccc([N+](=O)[O-])cc1C(C)=O. The molecule has 0 aliphatic carbocycles. The summed E-state index contributed by atoms with van der Waals surface area (Å²) in [7, 11) is 0. The Morgan fingerprint density at radius 3 is 2.53 bits per heavy atom. The number of nitro groups is 1. The molecule has 0 radical (unpaired) electrons. The summed E-state index contributed by atoms with van der Waals surface area (Å²) < 4.78 is 0. The van der Waals surface area contributed by atoms with Crippen LogP contribution >= 0.6 is 0 Å². The highest BCUT2D eigenvalue weighted by atomic mass is 16.6. The highest BCUT2D eigenvalue weighted by molar-refractivity contribution is 6.00. The highest BCUT2D eigenvalue weighted by Gasteiger charge is 2.17. The number of anilines is 1. The normalized spacial score (nSPS) is 10.3. The molecule has 0 N–H and O–H groups in total. The first-order valence-corrected chi connectivity index (χ1v) is 6.55. The Bertz CT molecular complexity index is 472. The lowest BCUT2D eigenvalue weighted by Gasteiger charge is -2.24. The molecule has 5 nitrogen and oxygen atoms in total. The molecule has 0 amide bonds. The molecule has 0 atom stereocenters. The lowest BCUT2D eigenvalue weighted by Crippen LogP contribution is -2.25. The summed E-state index contributed by atoms with van der Waals surface area (Å²) in [5.41, 5.74) is 1.17. The molecule has 0 aliphatic heterocycles. The zero-order valence-corrected chi connectivity index (χ0v) is 11.7. The van der Waals surface area contributed by atoms with Gasteiger partial charge in [0.25, 0.3) is 5.69 Å². The van der Waals surface area contributed by atoms with Crippen molar-refractivity contribution in [3.8, 4) is 0 Å². The molecule has 0 bridgehead atoms. The maximum absolute atomic E-state index is 11.7. The molecular weight excluding hydrogens is 244 g/mol. The molecule has 0 heterocycles. The van der Waals surface area contributed by atoms with Crippen molar-refractivity contribution in [3.05, 3.63) is 33.9 Å². The molecule has 1 aromatic carbocycles. The smallest absolute Gasteiger partial charge is 0.270 e. The molecule has 19 heavy (non-hydrogen) atoms. The largest absolute Gasteiger partial charge is 0.371 e. The van der Waals surface area contributed by atoms with Crippen LogP contribution in [-0.4, -0.2) is 23.8 Å². The molecule has 104 valence electrons. The summed E-state index contributed by atoms with van der Waals surface area (Å²) in [6.07, 6.45) is 2.10. The van der Waals surface area contributed by atoms with Crippen LogP contribution in [0.4, 0.5) is 11.4 Å². The third-order valence-corrected chi connectivity index (χ3v) is 3.07. The molecule has 1 aromatic rings. The molecule has 0 spiro atoms. The summed E-state index contributed by atoms with van der Waals surface area (Å²) in [4.78, 5) is 24.1. The lowest BCUT2D eigenvalue weighted by atomic mass is 10.1. The maximum atomic E-state index is 11.7. The van der Waals surface area contributed by atoms with E-state index in [1.165, 1.54) is 19.1 Å². The number of hydrogen-bond donors (Lipinski definition) is 0. The fraction of sp³-hybridized carbons (Fsp3) is 0.500. The lowest BCUT2D eigenvalue weighted by molar-refractivity contribution is -0.384. The van der Waals surface area contributed by atoms with Gasteiger partial charge in [-0.3, -0.25) is 14.9 Å². The second kappa shape index (κ2) is 6.87. The van der Waals surface area contributed by atoms with Crippen LogP contribution in [-0.2, 0) is 0 Å². The van der Waals surface area contributed by atoms with Gasteiger partial charge >= 0.3 is 0 Å². The zero-order valence-electron chi connectivity index (χ0n) is 11.7. The van der Waals surface area contributed by atoms with Gasteiger partial charge in [-0.15, -0.1) is 0 Å². The quantitative estimate of drug-likeness (QED) is 0.430. The summed E-state index contributed by atoms with van der Waals surface area (Å²) >= 11 is 0. The van der Waals surface area contributed by atoms with Gasteiger partial charge in [-0.25, -0.2) is 0 Å². The third kappa shape index (κ3) is 3.77. The Morgan fingerprint density at radius 1 is 1.37 bits per heavy atom. The second-order valence-corrected chi connectivity index (χ2v) is 4.45. The van der Waals surface area contributed by atoms with E-state index in [1.807, 2.05) is 6.92 Å². The van der Waals surface area contributed by atoms with E-state index >= 15 is 0 Å². The van der Waals surface area contributed by atoms with Crippen LogP contribution < -0.4 is 4.90 Å². The first-order valence-electron chi connectivity index (χ1n) is 6.55. The van der Waals surface area contributed by atoms with Gasteiger partial charge in [-0.05, 0) is 26.3 Å². The van der Waals surface area contributed by atoms with E-state index in [2.05, 4.69) is 11.8 Å². The highest BCUT2D eigenvalue weighted by Crippen LogP contribution is 2.26. The number of unbranched alkanes of at least 4 members (excludes halogenated alkanes) is 1. The van der Waals surface area contributed by atoms with Crippen molar-refractivity contribution in [1.82, 2.24) is 0 Å². The molecule has 0 fully saturated rings. The van der Waals surface area contributed by atoms with Crippen molar-refractivity contribution in [3.63, 3.8) is 0 Å².